The van der Waals surface area contributed by atoms with Crippen molar-refractivity contribution in [3.8, 4) is 5.75 Å². The van der Waals surface area contributed by atoms with Crippen molar-refractivity contribution in [1.29, 1.82) is 0 Å². The topological polar surface area (TPSA) is 59.8 Å². The van der Waals surface area contributed by atoms with Crippen LogP contribution in [0.5, 0.6) is 5.75 Å². The number of rotatable bonds is 7. The zero-order chi connectivity index (χ0) is 22.6. The fourth-order valence-corrected chi connectivity index (χ4v) is 4.84. The molecule has 0 bridgehead atoms. The van der Waals surface area contributed by atoms with Crippen molar-refractivity contribution in [2.45, 2.75) is 32.7 Å². The van der Waals surface area contributed by atoms with E-state index in [-0.39, 0.29) is 11.3 Å². The second-order valence-electron chi connectivity index (χ2n) is 9.21. The van der Waals surface area contributed by atoms with E-state index >= 15 is 0 Å². The summed E-state index contributed by atoms with van der Waals surface area (Å²) >= 11 is 6.18. The number of nitrogens with zero attached hydrogens (tertiary/aromatic N) is 4. The summed E-state index contributed by atoms with van der Waals surface area (Å²) in [6, 6.07) is 5.74. The van der Waals surface area contributed by atoms with Gasteiger partial charge in [-0.15, -0.1) is 0 Å². The predicted octanol–water partition coefficient (Wildman–Crippen LogP) is 3.29. The first kappa shape index (κ1) is 23.1. The number of piperidine rings is 1. The van der Waals surface area contributed by atoms with Crippen molar-refractivity contribution in [3.05, 3.63) is 47.0 Å². The molecule has 1 aromatic heterocycles. The summed E-state index contributed by atoms with van der Waals surface area (Å²) in [5, 5.41) is 0.730. The number of carbonyl (C=O) groups excluding carboxylic acids is 1. The molecule has 2 aromatic rings. The van der Waals surface area contributed by atoms with Crippen molar-refractivity contribution in [2.75, 3.05) is 46.0 Å². The van der Waals surface area contributed by atoms with Gasteiger partial charge in [-0.2, -0.15) is 0 Å². The molecule has 0 saturated carbocycles. The van der Waals surface area contributed by atoms with Gasteiger partial charge in [0.05, 0.1) is 31.8 Å². The molecular weight excluding hydrogens is 428 g/mol. The lowest BCUT2D eigenvalue weighted by atomic mass is 9.77. The molecule has 2 fully saturated rings. The lowest BCUT2D eigenvalue weighted by Gasteiger charge is -2.43. The van der Waals surface area contributed by atoms with Crippen LogP contribution in [-0.4, -0.2) is 71.3 Å². The zero-order valence-electron chi connectivity index (χ0n) is 19.1. The fourth-order valence-electron chi connectivity index (χ4n) is 4.72. The Morgan fingerprint density at radius 1 is 1.28 bits per heavy atom. The number of amides is 1. The van der Waals surface area contributed by atoms with E-state index in [0.29, 0.717) is 39.3 Å². The maximum Gasteiger partial charge on any atom is 0.223 e. The molecule has 0 aliphatic carbocycles. The second kappa shape index (κ2) is 10.2. The molecule has 1 aromatic carbocycles. The van der Waals surface area contributed by atoms with Crippen molar-refractivity contribution in [1.82, 2.24) is 19.4 Å². The highest BCUT2D eigenvalue weighted by molar-refractivity contribution is 6.31. The molecule has 32 heavy (non-hydrogen) atoms. The molecule has 7 nitrogen and oxygen atoms in total. The zero-order valence-corrected chi connectivity index (χ0v) is 19.8. The first-order valence-corrected chi connectivity index (χ1v) is 11.7. The lowest BCUT2D eigenvalue weighted by molar-refractivity contribution is -0.139. The quantitative estimate of drug-likeness (QED) is 0.634. The SMILES string of the molecule is Cc1cc(OCC2(CC(=O)N3CCOCC3)CCCN(Cc3cn(C)cn3)C2)ccc1Cl. The highest BCUT2D eigenvalue weighted by Crippen LogP contribution is 2.36. The standard InChI is InChI=1S/C24H33ClN4O3/c1-19-12-21(4-5-22(19)25)32-17-24(13-23(30)29-8-10-31-11-9-29)6-3-7-28(16-24)15-20-14-27(2)18-26-20/h4-5,12,14,18H,3,6-11,13,15-17H2,1-2H3. The smallest absolute Gasteiger partial charge is 0.223 e. The maximum atomic E-state index is 13.2. The van der Waals surface area contributed by atoms with Crippen molar-refractivity contribution in [3.63, 3.8) is 0 Å². The van der Waals surface area contributed by atoms with Gasteiger partial charge < -0.3 is 18.9 Å². The van der Waals surface area contributed by atoms with Crippen LogP contribution in [0.15, 0.2) is 30.7 Å². The highest BCUT2D eigenvalue weighted by Gasteiger charge is 2.40. The number of carbonyl (C=O) groups is 1. The third kappa shape index (κ3) is 5.82. The van der Waals surface area contributed by atoms with Crippen molar-refractivity contribution in [2.24, 2.45) is 12.5 Å². The average Bonchev–Trinajstić information content (AvgIpc) is 3.20. The summed E-state index contributed by atoms with van der Waals surface area (Å²) in [7, 11) is 1.99. The number of aromatic nitrogens is 2. The summed E-state index contributed by atoms with van der Waals surface area (Å²) in [4.78, 5) is 22.1. The van der Waals surface area contributed by atoms with Crippen LogP contribution in [0.25, 0.3) is 0 Å². The number of morpholine rings is 1. The Kier molecular flexibility index (Phi) is 7.38. The Hall–Kier alpha value is -2.09. The maximum absolute atomic E-state index is 13.2. The van der Waals surface area contributed by atoms with E-state index in [1.54, 1.807) is 0 Å². The number of imidazole rings is 1. The van der Waals surface area contributed by atoms with E-state index < -0.39 is 0 Å². The molecule has 2 saturated heterocycles. The van der Waals surface area contributed by atoms with Crippen LogP contribution in [0, 0.1) is 12.3 Å². The van der Waals surface area contributed by atoms with Crippen LogP contribution >= 0.6 is 11.6 Å². The molecule has 1 amide bonds. The molecule has 0 N–H and O–H groups in total. The number of hydrogen-bond acceptors (Lipinski definition) is 5. The molecule has 0 radical (unpaired) electrons. The number of hydrogen-bond donors (Lipinski definition) is 0. The van der Waals surface area contributed by atoms with Gasteiger partial charge in [0, 0.05) is 56.3 Å². The predicted molar refractivity (Wildman–Crippen MR) is 124 cm³/mol. The van der Waals surface area contributed by atoms with Gasteiger partial charge in [0.1, 0.15) is 5.75 Å². The minimum atomic E-state index is -0.240. The Balaban J connectivity index is 1.49. The molecule has 174 valence electrons. The molecule has 2 aliphatic rings. The Bertz CT molecular complexity index is 928. The number of halogens is 1. The van der Waals surface area contributed by atoms with Gasteiger partial charge in [-0.1, -0.05) is 11.6 Å². The largest absolute Gasteiger partial charge is 0.493 e. The number of benzene rings is 1. The third-order valence-corrected chi connectivity index (χ3v) is 6.87. The minimum absolute atomic E-state index is 0.198. The van der Waals surface area contributed by atoms with Crippen LogP contribution in [0.3, 0.4) is 0 Å². The van der Waals surface area contributed by atoms with Crippen molar-refractivity contribution >= 4 is 17.5 Å². The normalized spacial score (nSPS) is 22.2. The van der Waals surface area contributed by atoms with E-state index in [4.69, 9.17) is 21.1 Å². The molecule has 0 spiro atoms. The van der Waals surface area contributed by atoms with E-state index in [1.807, 2.05) is 48.0 Å². The molecule has 2 aliphatic heterocycles. The van der Waals surface area contributed by atoms with Gasteiger partial charge in [0.2, 0.25) is 5.91 Å². The summed E-state index contributed by atoms with van der Waals surface area (Å²) in [6.07, 6.45) is 6.38. The van der Waals surface area contributed by atoms with Crippen LogP contribution in [0.4, 0.5) is 0 Å². The van der Waals surface area contributed by atoms with Gasteiger partial charge in [0.15, 0.2) is 0 Å². The Morgan fingerprint density at radius 3 is 2.81 bits per heavy atom. The number of ether oxygens (including phenoxy) is 2. The second-order valence-corrected chi connectivity index (χ2v) is 9.62. The molecular formula is C24H33ClN4O3. The van der Waals surface area contributed by atoms with E-state index in [2.05, 4.69) is 16.1 Å². The van der Waals surface area contributed by atoms with E-state index in [9.17, 15) is 4.79 Å². The van der Waals surface area contributed by atoms with Gasteiger partial charge in [-0.25, -0.2) is 4.98 Å². The molecule has 8 heteroatoms. The van der Waals surface area contributed by atoms with E-state index in [1.165, 1.54) is 0 Å². The summed E-state index contributed by atoms with van der Waals surface area (Å²) in [5.41, 5.74) is 1.80. The van der Waals surface area contributed by atoms with Crippen LogP contribution < -0.4 is 4.74 Å². The Labute approximate surface area is 195 Å². The number of likely N-dealkylation sites (tertiary alicyclic amines) is 1. The van der Waals surface area contributed by atoms with E-state index in [0.717, 1.165) is 54.5 Å². The van der Waals surface area contributed by atoms with Gasteiger partial charge in [0.25, 0.3) is 0 Å². The fraction of sp³-hybridized carbons (Fsp3) is 0.583. The molecule has 3 heterocycles. The number of aryl methyl sites for hydroxylation is 2. The summed E-state index contributed by atoms with van der Waals surface area (Å²) in [6.45, 7) is 7.65. The molecule has 1 atom stereocenters. The average molecular weight is 461 g/mol. The van der Waals surface area contributed by atoms with Crippen LogP contribution in [0.2, 0.25) is 5.02 Å². The third-order valence-electron chi connectivity index (χ3n) is 6.45. The molecule has 1 unspecified atom stereocenters. The summed E-state index contributed by atoms with van der Waals surface area (Å²) in [5.74, 6) is 0.996. The first-order valence-electron chi connectivity index (χ1n) is 11.4. The van der Waals surface area contributed by atoms with Gasteiger partial charge in [-0.3, -0.25) is 9.69 Å². The Morgan fingerprint density at radius 2 is 2.09 bits per heavy atom. The first-order chi connectivity index (χ1) is 15.4. The summed E-state index contributed by atoms with van der Waals surface area (Å²) < 4.78 is 13.7. The monoisotopic (exact) mass is 460 g/mol. The van der Waals surface area contributed by atoms with Gasteiger partial charge >= 0.3 is 0 Å². The van der Waals surface area contributed by atoms with Crippen molar-refractivity contribution < 1.29 is 14.3 Å². The minimum Gasteiger partial charge on any atom is -0.493 e. The highest BCUT2D eigenvalue weighted by atomic mass is 35.5. The van der Waals surface area contributed by atoms with Crippen LogP contribution in [0.1, 0.15) is 30.5 Å². The van der Waals surface area contributed by atoms with Gasteiger partial charge in [-0.05, 0) is 50.1 Å². The lowest BCUT2D eigenvalue weighted by Crippen LogP contribution is -2.50. The molecule has 4 rings (SSSR count). The van der Waals surface area contributed by atoms with Crippen LogP contribution in [-0.2, 0) is 23.1 Å².